The molecule has 0 saturated heterocycles. The number of nitrogens with zero attached hydrogens (tertiary/aromatic N) is 4. The van der Waals surface area contributed by atoms with Crippen molar-refractivity contribution in [2.75, 3.05) is 0 Å². The van der Waals surface area contributed by atoms with E-state index < -0.39 is 0 Å². The van der Waals surface area contributed by atoms with Gasteiger partial charge in [0.05, 0.1) is 16.7 Å². The molecule has 0 saturated carbocycles. The summed E-state index contributed by atoms with van der Waals surface area (Å²) in [5.41, 5.74) is 3.88. The van der Waals surface area contributed by atoms with Crippen LogP contribution < -0.4 is 0 Å². The van der Waals surface area contributed by atoms with Crippen LogP contribution in [0.1, 0.15) is 24.9 Å². The van der Waals surface area contributed by atoms with Crippen LogP contribution in [0.3, 0.4) is 0 Å². The summed E-state index contributed by atoms with van der Waals surface area (Å²) in [5, 5.41) is 8.51. The third-order valence-electron chi connectivity index (χ3n) is 2.94. The summed E-state index contributed by atoms with van der Waals surface area (Å²) >= 11 is 0. The molecule has 0 bridgehead atoms. The van der Waals surface area contributed by atoms with E-state index in [0.29, 0.717) is 0 Å². The molecule has 0 aliphatic carbocycles. The molecule has 0 radical (unpaired) electrons. The molecule has 3 rings (SSSR count). The van der Waals surface area contributed by atoms with Crippen LogP contribution in [0.2, 0.25) is 0 Å². The van der Waals surface area contributed by atoms with E-state index in [9.17, 15) is 0 Å². The fourth-order valence-corrected chi connectivity index (χ4v) is 2.17. The van der Waals surface area contributed by atoms with Crippen LogP contribution in [0, 0.1) is 6.92 Å². The Hall–Kier alpha value is -1.97. The molecule has 4 heteroatoms. The summed E-state index contributed by atoms with van der Waals surface area (Å²) in [6, 6.07) is 8.12. The SMILES string of the molecule is CCCc1nnc2c(C)nc3ccccc3n12. The van der Waals surface area contributed by atoms with Gasteiger partial charge in [0, 0.05) is 6.42 Å². The second-order valence-corrected chi connectivity index (χ2v) is 4.21. The molecule has 3 aromatic rings. The van der Waals surface area contributed by atoms with Crippen molar-refractivity contribution >= 4 is 16.7 Å². The number of fused-ring (bicyclic) bond motifs is 3. The minimum Gasteiger partial charge on any atom is -0.276 e. The van der Waals surface area contributed by atoms with Crippen molar-refractivity contribution in [1.29, 1.82) is 0 Å². The van der Waals surface area contributed by atoms with Crippen LogP contribution in [0.15, 0.2) is 24.3 Å². The van der Waals surface area contributed by atoms with Crippen LogP contribution in [-0.2, 0) is 6.42 Å². The highest BCUT2D eigenvalue weighted by molar-refractivity contribution is 5.78. The Labute approximate surface area is 99.3 Å². The molecule has 0 spiro atoms. The topological polar surface area (TPSA) is 43.1 Å². The quantitative estimate of drug-likeness (QED) is 0.674. The van der Waals surface area contributed by atoms with E-state index in [4.69, 9.17) is 0 Å². The molecule has 0 N–H and O–H groups in total. The van der Waals surface area contributed by atoms with Gasteiger partial charge < -0.3 is 0 Å². The number of aryl methyl sites for hydroxylation is 2. The van der Waals surface area contributed by atoms with Crippen molar-refractivity contribution in [3.8, 4) is 0 Å². The van der Waals surface area contributed by atoms with Gasteiger partial charge in [-0.05, 0) is 25.5 Å². The van der Waals surface area contributed by atoms with Gasteiger partial charge >= 0.3 is 0 Å². The summed E-state index contributed by atoms with van der Waals surface area (Å²) < 4.78 is 2.13. The molecule has 0 fully saturated rings. The molecule has 0 aliphatic rings. The third kappa shape index (κ3) is 1.48. The highest BCUT2D eigenvalue weighted by Gasteiger charge is 2.11. The van der Waals surface area contributed by atoms with E-state index >= 15 is 0 Å². The zero-order valence-electron chi connectivity index (χ0n) is 10.0. The zero-order valence-corrected chi connectivity index (χ0v) is 10.0. The van der Waals surface area contributed by atoms with E-state index in [1.165, 1.54) is 0 Å². The predicted octanol–water partition coefficient (Wildman–Crippen LogP) is 2.54. The fraction of sp³-hybridized carbons (Fsp3) is 0.308. The van der Waals surface area contributed by atoms with E-state index in [2.05, 4.69) is 32.6 Å². The Morgan fingerprint density at radius 2 is 2.00 bits per heavy atom. The first-order valence-corrected chi connectivity index (χ1v) is 5.90. The molecule has 86 valence electrons. The monoisotopic (exact) mass is 226 g/mol. The number of hydrogen-bond acceptors (Lipinski definition) is 3. The molecule has 0 aliphatic heterocycles. The van der Waals surface area contributed by atoms with Gasteiger partial charge in [0.2, 0.25) is 0 Å². The average molecular weight is 226 g/mol. The first-order valence-electron chi connectivity index (χ1n) is 5.90. The van der Waals surface area contributed by atoms with Crippen molar-refractivity contribution in [2.45, 2.75) is 26.7 Å². The summed E-state index contributed by atoms with van der Waals surface area (Å²) in [6.45, 7) is 4.13. The third-order valence-corrected chi connectivity index (χ3v) is 2.94. The van der Waals surface area contributed by atoms with Crippen molar-refractivity contribution in [2.24, 2.45) is 0 Å². The Kier molecular flexibility index (Phi) is 2.28. The lowest BCUT2D eigenvalue weighted by atomic mass is 10.2. The van der Waals surface area contributed by atoms with Crippen molar-refractivity contribution in [3.05, 3.63) is 35.8 Å². The first-order chi connectivity index (χ1) is 8.31. The van der Waals surface area contributed by atoms with E-state index in [1.54, 1.807) is 0 Å². The lowest BCUT2D eigenvalue weighted by molar-refractivity contribution is 0.825. The summed E-state index contributed by atoms with van der Waals surface area (Å²) in [5.74, 6) is 1.02. The van der Waals surface area contributed by atoms with Crippen LogP contribution >= 0.6 is 0 Å². The first kappa shape index (κ1) is 10.2. The Bertz CT molecular complexity index is 684. The largest absolute Gasteiger partial charge is 0.276 e. The summed E-state index contributed by atoms with van der Waals surface area (Å²) in [7, 11) is 0. The smallest absolute Gasteiger partial charge is 0.182 e. The second kappa shape index (κ2) is 3.80. The zero-order chi connectivity index (χ0) is 11.8. The van der Waals surface area contributed by atoms with Crippen LogP contribution in [0.4, 0.5) is 0 Å². The number of benzene rings is 1. The highest BCUT2D eigenvalue weighted by Crippen LogP contribution is 2.18. The van der Waals surface area contributed by atoms with Crippen molar-refractivity contribution in [3.63, 3.8) is 0 Å². The summed E-state index contributed by atoms with van der Waals surface area (Å²) in [4.78, 5) is 4.55. The predicted molar refractivity (Wildman–Crippen MR) is 67.0 cm³/mol. The van der Waals surface area contributed by atoms with Gasteiger partial charge in [-0.25, -0.2) is 4.98 Å². The number of rotatable bonds is 2. The molecule has 0 amide bonds. The maximum Gasteiger partial charge on any atom is 0.182 e. The van der Waals surface area contributed by atoms with Gasteiger partial charge in [-0.3, -0.25) is 4.40 Å². The second-order valence-electron chi connectivity index (χ2n) is 4.21. The lowest BCUT2D eigenvalue weighted by Crippen LogP contribution is -1.99. The van der Waals surface area contributed by atoms with Crippen LogP contribution in [0.25, 0.3) is 16.7 Å². The molecule has 2 aromatic heterocycles. The van der Waals surface area contributed by atoms with E-state index in [-0.39, 0.29) is 0 Å². The molecule has 0 unspecified atom stereocenters. The highest BCUT2D eigenvalue weighted by atomic mass is 15.3. The van der Waals surface area contributed by atoms with Gasteiger partial charge in [-0.2, -0.15) is 0 Å². The maximum atomic E-state index is 4.55. The van der Waals surface area contributed by atoms with Crippen molar-refractivity contribution < 1.29 is 0 Å². The molecule has 17 heavy (non-hydrogen) atoms. The molecular weight excluding hydrogens is 212 g/mol. The Morgan fingerprint density at radius 1 is 1.18 bits per heavy atom. The van der Waals surface area contributed by atoms with Crippen molar-refractivity contribution in [1.82, 2.24) is 19.6 Å². The molecule has 2 heterocycles. The van der Waals surface area contributed by atoms with E-state index in [1.807, 2.05) is 25.1 Å². The maximum absolute atomic E-state index is 4.55. The fourth-order valence-electron chi connectivity index (χ4n) is 2.17. The van der Waals surface area contributed by atoms with E-state index in [0.717, 1.165) is 41.0 Å². The van der Waals surface area contributed by atoms with Crippen LogP contribution in [0.5, 0.6) is 0 Å². The molecular formula is C13H14N4. The Balaban J connectivity index is 2.47. The van der Waals surface area contributed by atoms with Crippen LogP contribution in [-0.4, -0.2) is 19.6 Å². The Morgan fingerprint density at radius 3 is 2.82 bits per heavy atom. The number of hydrogen-bond donors (Lipinski definition) is 0. The van der Waals surface area contributed by atoms with Gasteiger partial charge in [-0.1, -0.05) is 19.1 Å². The molecule has 1 aromatic carbocycles. The lowest BCUT2D eigenvalue weighted by Gasteiger charge is -2.05. The number of aromatic nitrogens is 4. The standard InChI is InChI=1S/C13H14N4/c1-3-6-12-15-16-13-9(2)14-10-7-4-5-8-11(10)17(12)13/h4-5,7-8H,3,6H2,1-2H3. The van der Waals surface area contributed by atoms with Gasteiger partial charge in [0.15, 0.2) is 5.65 Å². The normalized spacial score (nSPS) is 11.4. The molecule has 0 atom stereocenters. The van der Waals surface area contributed by atoms with Gasteiger partial charge in [-0.15, -0.1) is 10.2 Å². The average Bonchev–Trinajstić information content (AvgIpc) is 2.75. The summed E-state index contributed by atoms with van der Waals surface area (Å²) in [6.07, 6.45) is 2.01. The number of para-hydroxylation sites is 2. The minimum absolute atomic E-state index is 0.868. The molecule has 4 nitrogen and oxygen atoms in total. The van der Waals surface area contributed by atoms with Gasteiger partial charge in [0.25, 0.3) is 0 Å². The minimum atomic E-state index is 0.868. The van der Waals surface area contributed by atoms with Gasteiger partial charge in [0.1, 0.15) is 5.82 Å².